The third-order valence-corrected chi connectivity index (χ3v) is 5.36. The van der Waals surface area contributed by atoms with E-state index in [9.17, 15) is 18.0 Å². The molecule has 0 spiro atoms. The van der Waals surface area contributed by atoms with Crippen LogP contribution in [0.3, 0.4) is 0 Å². The fourth-order valence-corrected chi connectivity index (χ4v) is 3.36. The van der Waals surface area contributed by atoms with E-state index < -0.39 is 20.8 Å². The molecule has 1 aliphatic rings. The third kappa shape index (κ3) is 3.80. The van der Waals surface area contributed by atoms with Gasteiger partial charge in [-0.25, -0.2) is 8.42 Å². The highest BCUT2D eigenvalue weighted by atomic mass is 32.2. The average Bonchev–Trinajstić information content (AvgIpc) is 2.37. The largest absolute Gasteiger partial charge is 0.342 e. The van der Waals surface area contributed by atoms with Crippen molar-refractivity contribution in [3.05, 3.63) is 0 Å². The lowest BCUT2D eigenvalue weighted by Gasteiger charge is -2.27. The molecule has 0 aromatic rings. The Morgan fingerprint density at radius 1 is 1.17 bits per heavy atom. The summed E-state index contributed by atoms with van der Waals surface area (Å²) in [6.45, 7) is 4.25. The summed E-state index contributed by atoms with van der Waals surface area (Å²) in [5, 5.41) is -1.07. The predicted octanol–water partition coefficient (Wildman–Crippen LogP) is 0.781. The summed E-state index contributed by atoms with van der Waals surface area (Å²) in [7, 11) is -3.66. The minimum absolute atomic E-state index is 0.179. The van der Waals surface area contributed by atoms with Crippen LogP contribution in [-0.4, -0.2) is 49.1 Å². The van der Waals surface area contributed by atoms with Gasteiger partial charge in [-0.2, -0.15) is 0 Å². The van der Waals surface area contributed by atoms with E-state index in [0.29, 0.717) is 13.1 Å². The van der Waals surface area contributed by atoms with E-state index in [1.165, 1.54) is 6.92 Å². The summed E-state index contributed by atoms with van der Waals surface area (Å²) >= 11 is 0. The van der Waals surface area contributed by atoms with Crippen LogP contribution in [0.2, 0.25) is 0 Å². The lowest BCUT2D eigenvalue weighted by Crippen LogP contribution is -2.42. The van der Waals surface area contributed by atoms with E-state index in [4.69, 9.17) is 0 Å². The molecule has 1 aliphatic heterocycles. The van der Waals surface area contributed by atoms with Crippen molar-refractivity contribution >= 4 is 21.5 Å². The van der Waals surface area contributed by atoms with Crippen molar-refractivity contribution in [2.75, 3.05) is 18.8 Å². The van der Waals surface area contributed by atoms with Gasteiger partial charge in [-0.3, -0.25) is 9.59 Å². The molecule has 1 heterocycles. The smallest absolute Gasteiger partial charge is 0.237 e. The molecular weight excluding hydrogens is 254 g/mol. The minimum atomic E-state index is -3.66. The maximum atomic E-state index is 11.9. The first kappa shape index (κ1) is 15.1. The Hall–Kier alpha value is -0.910. The maximum Gasteiger partial charge on any atom is 0.237 e. The Balaban J connectivity index is 2.64. The molecule has 0 aromatic carbocycles. The van der Waals surface area contributed by atoms with Crippen molar-refractivity contribution < 1.29 is 18.0 Å². The predicted molar refractivity (Wildman–Crippen MR) is 69.0 cm³/mol. The summed E-state index contributed by atoms with van der Waals surface area (Å²) in [4.78, 5) is 24.9. The SMILES string of the molecule is CCC(=O)C(C)S(=O)(=O)CC(=O)N1CCCCC1. The first-order valence-corrected chi connectivity index (χ1v) is 8.12. The molecule has 6 heteroatoms. The molecule has 1 unspecified atom stereocenters. The number of Topliss-reactive ketones (excluding diaryl/α,β-unsaturated/α-hetero) is 1. The summed E-state index contributed by atoms with van der Waals surface area (Å²) in [5.74, 6) is -1.24. The quantitative estimate of drug-likeness (QED) is 0.743. The molecule has 0 aliphatic carbocycles. The highest BCUT2D eigenvalue weighted by molar-refractivity contribution is 7.93. The average molecular weight is 275 g/mol. The van der Waals surface area contributed by atoms with Gasteiger partial charge in [0.2, 0.25) is 5.91 Å². The zero-order chi connectivity index (χ0) is 13.8. The number of likely N-dealkylation sites (tertiary alicyclic amines) is 1. The zero-order valence-electron chi connectivity index (χ0n) is 11.0. The summed E-state index contributed by atoms with van der Waals surface area (Å²) in [6, 6.07) is 0. The Bertz CT molecular complexity index is 410. The third-order valence-electron chi connectivity index (χ3n) is 3.37. The fraction of sp³-hybridized carbons (Fsp3) is 0.833. The molecule has 5 nitrogen and oxygen atoms in total. The highest BCUT2D eigenvalue weighted by Crippen LogP contribution is 2.12. The number of carbonyl (C=O) groups excluding carboxylic acids is 2. The topological polar surface area (TPSA) is 71.5 Å². The molecule has 1 rings (SSSR count). The van der Waals surface area contributed by atoms with Crippen LogP contribution in [0.4, 0.5) is 0 Å². The minimum Gasteiger partial charge on any atom is -0.342 e. The van der Waals surface area contributed by atoms with Crippen molar-refractivity contribution in [2.45, 2.75) is 44.8 Å². The van der Waals surface area contributed by atoms with Crippen molar-refractivity contribution in [3.63, 3.8) is 0 Å². The molecule has 0 aromatic heterocycles. The Kier molecular flexibility index (Phi) is 5.31. The van der Waals surface area contributed by atoms with E-state index >= 15 is 0 Å². The first-order chi connectivity index (χ1) is 8.38. The standard InChI is InChI=1S/C12H21NO4S/c1-3-11(14)10(2)18(16,17)9-12(15)13-7-5-4-6-8-13/h10H,3-9H2,1-2H3. The van der Waals surface area contributed by atoms with Gasteiger partial charge in [0.25, 0.3) is 0 Å². The first-order valence-electron chi connectivity index (χ1n) is 6.40. The zero-order valence-corrected chi connectivity index (χ0v) is 11.8. The molecule has 0 saturated carbocycles. The lowest BCUT2D eigenvalue weighted by molar-refractivity contribution is -0.129. The summed E-state index contributed by atoms with van der Waals surface area (Å²) < 4.78 is 23.8. The summed E-state index contributed by atoms with van der Waals surface area (Å²) in [6.07, 6.45) is 3.12. The number of rotatable bonds is 5. The van der Waals surface area contributed by atoms with Crippen LogP contribution in [0.15, 0.2) is 0 Å². The van der Waals surface area contributed by atoms with Gasteiger partial charge in [0.1, 0.15) is 16.8 Å². The monoisotopic (exact) mass is 275 g/mol. The number of carbonyl (C=O) groups is 2. The second-order valence-electron chi connectivity index (χ2n) is 4.71. The molecular formula is C12H21NO4S. The van der Waals surface area contributed by atoms with Crippen molar-refractivity contribution in [3.8, 4) is 0 Å². The van der Waals surface area contributed by atoms with Crippen LogP contribution >= 0.6 is 0 Å². The molecule has 1 atom stereocenters. The van der Waals surface area contributed by atoms with Gasteiger partial charge in [-0.15, -0.1) is 0 Å². The second kappa shape index (κ2) is 6.31. The van der Waals surface area contributed by atoms with E-state index in [-0.39, 0.29) is 18.1 Å². The van der Waals surface area contributed by atoms with Gasteiger partial charge >= 0.3 is 0 Å². The number of hydrogen-bond donors (Lipinski definition) is 0. The van der Waals surface area contributed by atoms with Crippen LogP contribution in [0, 0.1) is 0 Å². The molecule has 1 fully saturated rings. The van der Waals surface area contributed by atoms with Crippen LogP contribution < -0.4 is 0 Å². The molecule has 0 N–H and O–H groups in total. The fourth-order valence-electron chi connectivity index (χ4n) is 2.02. The van der Waals surface area contributed by atoms with Gasteiger partial charge in [0.15, 0.2) is 9.84 Å². The van der Waals surface area contributed by atoms with Gasteiger partial charge < -0.3 is 4.90 Å². The second-order valence-corrected chi connectivity index (χ2v) is 7.03. The normalized spacial score (nSPS) is 18.4. The lowest BCUT2D eigenvalue weighted by atomic mass is 10.1. The van der Waals surface area contributed by atoms with Gasteiger partial charge in [-0.05, 0) is 26.2 Å². The summed E-state index contributed by atoms with van der Waals surface area (Å²) in [5.41, 5.74) is 0. The molecule has 18 heavy (non-hydrogen) atoms. The molecule has 1 amide bonds. The van der Waals surface area contributed by atoms with Crippen LogP contribution in [0.1, 0.15) is 39.5 Å². The number of nitrogens with zero attached hydrogens (tertiary/aromatic N) is 1. The Labute approximate surface area is 108 Å². The van der Waals surface area contributed by atoms with Crippen molar-refractivity contribution in [1.82, 2.24) is 4.90 Å². The van der Waals surface area contributed by atoms with E-state index in [0.717, 1.165) is 19.3 Å². The van der Waals surface area contributed by atoms with Gasteiger partial charge in [0, 0.05) is 19.5 Å². The van der Waals surface area contributed by atoms with Gasteiger partial charge in [-0.1, -0.05) is 6.92 Å². The van der Waals surface area contributed by atoms with E-state index in [1.54, 1.807) is 11.8 Å². The van der Waals surface area contributed by atoms with Crippen LogP contribution in [0.5, 0.6) is 0 Å². The highest BCUT2D eigenvalue weighted by Gasteiger charge is 2.31. The molecule has 0 radical (unpaired) electrons. The van der Waals surface area contributed by atoms with Crippen molar-refractivity contribution in [2.24, 2.45) is 0 Å². The van der Waals surface area contributed by atoms with Crippen LogP contribution in [0.25, 0.3) is 0 Å². The number of ketones is 1. The molecule has 104 valence electrons. The van der Waals surface area contributed by atoms with Gasteiger partial charge in [0.05, 0.1) is 0 Å². The number of amides is 1. The van der Waals surface area contributed by atoms with Crippen LogP contribution in [-0.2, 0) is 19.4 Å². The van der Waals surface area contributed by atoms with E-state index in [2.05, 4.69) is 0 Å². The Morgan fingerprint density at radius 2 is 1.72 bits per heavy atom. The molecule has 0 bridgehead atoms. The Morgan fingerprint density at radius 3 is 2.22 bits per heavy atom. The van der Waals surface area contributed by atoms with E-state index in [1.807, 2.05) is 0 Å². The van der Waals surface area contributed by atoms with Crippen molar-refractivity contribution in [1.29, 1.82) is 0 Å². The number of piperidine rings is 1. The molecule has 1 saturated heterocycles. The number of sulfone groups is 1. The maximum absolute atomic E-state index is 11.9. The number of hydrogen-bond acceptors (Lipinski definition) is 4.